The van der Waals surface area contributed by atoms with Gasteiger partial charge in [-0.2, -0.15) is 0 Å². The second-order valence-electron chi connectivity index (χ2n) is 11.9. The minimum Gasteiger partial charge on any atom is -0.489 e. The molecular formula is C34H45N3O3. The minimum absolute atomic E-state index is 0.288. The number of carbonyl (C=O) groups is 1. The highest BCUT2D eigenvalue weighted by molar-refractivity contribution is 5.99. The van der Waals surface area contributed by atoms with E-state index in [2.05, 4.69) is 46.0 Å². The molecule has 2 fully saturated rings. The second kappa shape index (κ2) is 12.3. The van der Waals surface area contributed by atoms with E-state index in [1.54, 1.807) is 0 Å². The predicted molar refractivity (Wildman–Crippen MR) is 163 cm³/mol. The summed E-state index contributed by atoms with van der Waals surface area (Å²) in [6, 6.07) is 13.1. The number of carbonyl (C=O) groups excluding carboxylic acids is 1. The topological polar surface area (TPSA) is 55.7 Å². The van der Waals surface area contributed by atoms with Gasteiger partial charge in [0, 0.05) is 29.1 Å². The first-order valence-corrected chi connectivity index (χ1v) is 15.7. The highest BCUT2D eigenvalue weighted by atomic mass is 16.5. The number of para-hydroxylation sites is 1. The van der Waals surface area contributed by atoms with Crippen molar-refractivity contribution in [2.75, 3.05) is 38.7 Å². The number of benzene rings is 2. The van der Waals surface area contributed by atoms with Crippen LogP contribution in [0.4, 0.5) is 5.69 Å². The first kappa shape index (κ1) is 27.2. The van der Waals surface area contributed by atoms with E-state index in [0.717, 1.165) is 42.9 Å². The summed E-state index contributed by atoms with van der Waals surface area (Å²) in [5, 5.41) is 5.17. The van der Waals surface area contributed by atoms with Crippen LogP contribution in [0, 0.1) is 0 Å². The van der Waals surface area contributed by atoms with Crippen LogP contribution in [0.1, 0.15) is 93.0 Å². The van der Waals surface area contributed by atoms with Crippen LogP contribution in [0.3, 0.4) is 0 Å². The number of piperidine rings is 1. The van der Waals surface area contributed by atoms with Crippen molar-refractivity contribution < 1.29 is 14.3 Å². The summed E-state index contributed by atoms with van der Waals surface area (Å²) in [6.45, 7) is 7.28. The molecule has 6 nitrogen and oxygen atoms in total. The van der Waals surface area contributed by atoms with Gasteiger partial charge < -0.3 is 24.3 Å². The quantitative estimate of drug-likeness (QED) is 0.297. The minimum atomic E-state index is -0.288. The number of nitrogens with zero attached hydrogens (tertiary/aromatic N) is 2. The molecule has 2 aliphatic heterocycles. The zero-order valence-electron chi connectivity index (χ0n) is 24.3. The maximum absolute atomic E-state index is 12.5. The van der Waals surface area contributed by atoms with Crippen molar-refractivity contribution in [2.24, 2.45) is 0 Å². The number of fused-ring (bicyclic) bond motifs is 5. The van der Waals surface area contributed by atoms with Crippen molar-refractivity contribution in [1.29, 1.82) is 0 Å². The number of esters is 1. The molecule has 1 N–H and O–H groups in total. The number of aromatic nitrogens is 1. The van der Waals surface area contributed by atoms with E-state index in [-0.39, 0.29) is 5.97 Å². The first-order chi connectivity index (χ1) is 19.7. The van der Waals surface area contributed by atoms with Gasteiger partial charge in [0.25, 0.3) is 0 Å². The summed E-state index contributed by atoms with van der Waals surface area (Å²) in [4.78, 5) is 15.1. The Bertz CT molecular complexity index is 1330. The van der Waals surface area contributed by atoms with Gasteiger partial charge in [-0.15, -0.1) is 0 Å². The van der Waals surface area contributed by atoms with Crippen LogP contribution >= 0.6 is 0 Å². The second-order valence-corrected chi connectivity index (χ2v) is 11.9. The lowest BCUT2D eigenvalue weighted by Crippen LogP contribution is -2.33. The fourth-order valence-corrected chi connectivity index (χ4v) is 7.30. The number of hydrogen-bond acceptors (Lipinski definition) is 5. The van der Waals surface area contributed by atoms with Crippen molar-refractivity contribution >= 4 is 22.6 Å². The Morgan fingerprint density at radius 2 is 1.85 bits per heavy atom. The summed E-state index contributed by atoms with van der Waals surface area (Å²) in [5.41, 5.74) is 6.71. The third-order valence-corrected chi connectivity index (χ3v) is 9.46. The van der Waals surface area contributed by atoms with Crippen molar-refractivity contribution in [3.8, 4) is 17.0 Å². The zero-order chi connectivity index (χ0) is 27.5. The van der Waals surface area contributed by atoms with Crippen LogP contribution < -0.4 is 10.1 Å². The maximum Gasteiger partial charge on any atom is 0.337 e. The fraction of sp³-hybridized carbons (Fsp3) is 0.559. The molecule has 1 saturated heterocycles. The van der Waals surface area contributed by atoms with E-state index in [1.807, 2.05) is 12.1 Å². The van der Waals surface area contributed by atoms with E-state index in [0.29, 0.717) is 24.1 Å². The lowest BCUT2D eigenvalue weighted by Gasteiger charge is -2.29. The Morgan fingerprint density at radius 3 is 2.62 bits per heavy atom. The van der Waals surface area contributed by atoms with Crippen LogP contribution in [0.2, 0.25) is 0 Å². The monoisotopic (exact) mass is 543 g/mol. The molecule has 40 heavy (non-hydrogen) atoms. The molecule has 1 unspecified atom stereocenters. The number of hydrogen-bond donors (Lipinski definition) is 1. The van der Waals surface area contributed by atoms with Gasteiger partial charge in [0.15, 0.2) is 5.75 Å². The smallest absolute Gasteiger partial charge is 0.337 e. The van der Waals surface area contributed by atoms with Gasteiger partial charge in [0.05, 0.1) is 30.6 Å². The molecule has 3 aliphatic rings. The van der Waals surface area contributed by atoms with Crippen molar-refractivity contribution in [3.63, 3.8) is 0 Å². The van der Waals surface area contributed by atoms with Crippen LogP contribution in [0.25, 0.3) is 22.2 Å². The molecule has 1 atom stereocenters. The largest absolute Gasteiger partial charge is 0.489 e. The molecule has 0 bridgehead atoms. The molecule has 0 spiro atoms. The van der Waals surface area contributed by atoms with Gasteiger partial charge in [0.1, 0.15) is 6.61 Å². The summed E-state index contributed by atoms with van der Waals surface area (Å²) in [5.74, 6) is 1.21. The van der Waals surface area contributed by atoms with Crippen molar-refractivity contribution in [3.05, 3.63) is 47.5 Å². The number of nitrogens with one attached hydrogen (secondary N) is 1. The summed E-state index contributed by atoms with van der Waals surface area (Å²) >= 11 is 0. The van der Waals surface area contributed by atoms with E-state index in [1.165, 1.54) is 93.8 Å². The Balaban J connectivity index is 1.40. The Kier molecular flexibility index (Phi) is 8.33. The van der Waals surface area contributed by atoms with E-state index < -0.39 is 0 Å². The fourth-order valence-electron chi connectivity index (χ4n) is 7.30. The summed E-state index contributed by atoms with van der Waals surface area (Å²) in [7, 11) is 1.45. The van der Waals surface area contributed by atoms with Crippen LogP contribution in [-0.2, 0) is 11.3 Å². The molecule has 1 saturated carbocycles. The van der Waals surface area contributed by atoms with Gasteiger partial charge in [-0.1, -0.05) is 44.7 Å². The lowest BCUT2D eigenvalue weighted by molar-refractivity contribution is 0.0601. The zero-order valence-corrected chi connectivity index (χ0v) is 24.3. The molecule has 2 aromatic carbocycles. The van der Waals surface area contributed by atoms with E-state index in [9.17, 15) is 4.79 Å². The average Bonchev–Trinajstić information content (AvgIpc) is 3.20. The molecule has 0 radical (unpaired) electrons. The molecular weight excluding hydrogens is 498 g/mol. The number of methoxy groups -OCH3 is 1. The number of anilines is 1. The van der Waals surface area contributed by atoms with E-state index >= 15 is 0 Å². The summed E-state index contributed by atoms with van der Waals surface area (Å²) < 4.78 is 14.0. The Labute approximate surface area is 239 Å². The summed E-state index contributed by atoms with van der Waals surface area (Å²) in [6.07, 6.45) is 12.6. The first-order valence-electron chi connectivity index (χ1n) is 15.7. The molecule has 3 heterocycles. The lowest BCUT2D eigenvalue weighted by atomic mass is 9.81. The van der Waals surface area contributed by atoms with Crippen molar-refractivity contribution in [2.45, 2.75) is 89.6 Å². The Morgan fingerprint density at radius 1 is 1.05 bits per heavy atom. The van der Waals surface area contributed by atoms with Gasteiger partial charge in [0.2, 0.25) is 0 Å². The predicted octanol–water partition coefficient (Wildman–Crippen LogP) is 7.60. The van der Waals surface area contributed by atoms with Gasteiger partial charge in [-0.05, 0) is 87.4 Å². The molecule has 1 aromatic heterocycles. The van der Waals surface area contributed by atoms with Gasteiger partial charge in [-0.25, -0.2) is 4.79 Å². The van der Waals surface area contributed by atoms with E-state index in [4.69, 9.17) is 9.47 Å². The normalized spacial score (nSPS) is 18.9. The molecule has 6 heteroatoms. The average molecular weight is 544 g/mol. The van der Waals surface area contributed by atoms with Crippen LogP contribution in [0.5, 0.6) is 5.75 Å². The molecule has 3 aromatic rings. The highest BCUT2D eigenvalue weighted by Gasteiger charge is 2.30. The molecule has 0 amide bonds. The van der Waals surface area contributed by atoms with Crippen LogP contribution in [-0.4, -0.2) is 54.8 Å². The third kappa shape index (κ3) is 5.35. The Hall–Kier alpha value is -2.99. The SMILES string of the molecule is CCC(CCN1CCCCC1)Nc1cccc2c1OCCn1c-2c(C2CCCCC2)c2ccc(C(=O)OC)cc21. The number of ether oxygens (including phenoxy) is 2. The maximum atomic E-state index is 12.5. The molecule has 6 rings (SSSR count). The van der Waals surface area contributed by atoms with Crippen molar-refractivity contribution in [1.82, 2.24) is 9.47 Å². The van der Waals surface area contributed by atoms with Crippen LogP contribution in [0.15, 0.2) is 36.4 Å². The van der Waals surface area contributed by atoms with Gasteiger partial charge >= 0.3 is 5.97 Å². The third-order valence-electron chi connectivity index (χ3n) is 9.46. The van der Waals surface area contributed by atoms with Gasteiger partial charge in [-0.3, -0.25) is 0 Å². The molecule has 214 valence electrons. The standard InChI is InChI=1S/C34H45N3O3/c1-3-26(17-20-36-18-8-5-9-19-36)35-29-14-10-13-28-32-31(24-11-6-4-7-12-24)27-16-15-25(34(38)39-2)23-30(27)37(32)21-22-40-33(28)29/h10,13-16,23-24,26,35H,3-9,11-12,17-22H2,1-2H3. The number of likely N-dealkylation sites (tertiary alicyclic amines) is 1. The molecule has 1 aliphatic carbocycles. The number of rotatable bonds is 8. The highest BCUT2D eigenvalue weighted by Crippen LogP contribution is 2.49.